The maximum absolute atomic E-state index is 12.1. The minimum atomic E-state index is -0.229. The van der Waals surface area contributed by atoms with Crippen molar-refractivity contribution in [2.24, 2.45) is 0 Å². The Kier molecular flexibility index (Phi) is 8.29. The van der Waals surface area contributed by atoms with E-state index in [1.54, 1.807) is 7.11 Å². The molecule has 0 atom stereocenters. The van der Waals surface area contributed by atoms with Crippen LogP contribution < -0.4 is 20.1 Å². The number of hydrogen-bond donors (Lipinski definition) is 2. The van der Waals surface area contributed by atoms with Crippen molar-refractivity contribution in [1.82, 2.24) is 10.2 Å². The molecule has 0 saturated carbocycles. The second-order valence-electron chi connectivity index (χ2n) is 7.70. The van der Waals surface area contributed by atoms with E-state index in [1.807, 2.05) is 54.3 Å². The molecule has 1 aliphatic rings. The molecule has 1 aliphatic heterocycles. The number of rotatable bonds is 11. The molecule has 2 amide bonds. The minimum absolute atomic E-state index is 0.100. The number of carbonyl (C=O) groups is 2. The van der Waals surface area contributed by atoms with Gasteiger partial charge in [0.2, 0.25) is 5.91 Å². The molecule has 2 N–H and O–H groups in total. The second kappa shape index (κ2) is 11.4. The second-order valence-corrected chi connectivity index (χ2v) is 7.70. The van der Waals surface area contributed by atoms with E-state index < -0.39 is 0 Å². The van der Waals surface area contributed by atoms with Gasteiger partial charge in [-0.2, -0.15) is 0 Å². The summed E-state index contributed by atoms with van der Waals surface area (Å²) >= 11 is 0. The van der Waals surface area contributed by atoms with E-state index in [1.165, 1.54) is 0 Å². The summed E-state index contributed by atoms with van der Waals surface area (Å²) in [5, 5.41) is 6.21. The monoisotopic (exact) mass is 425 g/mol. The smallest absolute Gasteiger partial charge is 0.262 e. The van der Waals surface area contributed by atoms with Crippen molar-refractivity contribution in [2.75, 3.05) is 38.7 Å². The van der Waals surface area contributed by atoms with Crippen molar-refractivity contribution >= 4 is 17.5 Å². The first kappa shape index (κ1) is 22.6. The van der Waals surface area contributed by atoms with Gasteiger partial charge in [-0.15, -0.1) is 0 Å². The molecule has 1 fully saturated rings. The number of nitrogens with one attached hydrogen (secondary N) is 2. The molecule has 7 nitrogen and oxygen atoms in total. The van der Waals surface area contributed by atoms with Crippen LogP contribution in [0.1, 0.15) is 30.4 Å². The van der Waals surface area contributed by atoms with Crippen LogP contribution in [-0.4, -0.2) is 50.1 Å². The average molecular weight is 426 g/mol. The minimum Gasteiger partial charge on any atom is -0.493 e. The number of anilines is 1. The topological polar surface area (TPSA) is 79.9 Å². The van der Waals surface area contributed by atoms with E-state index in [0.29, 0.717) is 24.5 Å². The van der Waals surface area contributed by atoms with Gasteiger partial charge >= 0.3 is 0 Å². The molecule has 0 aliphatic carbocycles. The van der Waals surface area contributed by atoms with Gasteiger partial charge in [0.05, 0.1) is 7.11 Å². The molecule has 0 radical (unpaired) electrons. The van der Waals surface area contributed by atoms with Gasteiger partial charge in [-0.1, -0.05) is 23.8 Å². The molecule has 7 heteroatoms. The number of ether oxygens (including phenoxy) is 2. The Morgan fingerprint density at radius 2 is 1.94 bits per heavy atom. The fraction of sp³-hybridized carbons (Fsp3) is 0.417. The Balaban J connectivity index is 1.41. The third-order valence-corrected chi connectivity index (χ3v) is 5.20. The molecule has 0 unspecified atom stereocenters. The van der Waals surface area contributed by atoms with E-state index in [-0.39, 0.29) is 18.4 Å². The lowest BCUT2D eigenvalue weighted by Gasteiger charge is -2.15. The summed E-state index contributed by atoms with van der Waals surface area (Å²) in [7, 11) is 1.58. The van der Waals surface area contributed by atoms with Crippen molar-refractivity contribution in [3.05, 3.63) is 53.6 Å². The van der Waals surface area contributed by atoms with Gasteiger partial charge < -0.3 is 25.0 Å². The molecule has 0 bridgehead atoms. The quantitative estimate of drug-likeness (QED) is 0.541. The molecule has 2 aromatic rings. The molecule has 3 rings (SSSR count). The van der Waals surface area contributed by atoms with Crippen molar-refractivity contribution < 1.29 is 19.1 Å². The predicted molar refractivity (Wildman–Crippen MR) is 120 cm³/mol. The number of hydrogen-bond acceptors (Lipinski definition) is 5. The largest absolute Gasteiger partial charge is 0.493 e. The van der Waals surface area contributed by atoms with Crippen LogP contribution in [0.5, 0.6) is 11.5 Å². The highest BCUT2D eigenvalue weighted by Gasteiger charge is 2.18. The highest BCUT2D eigenvalue weighted by Crippen LogP contribution is 2.28. The lowest BCUT2D eigenvalue weighted by molar-refractivity contribution is -0.127. The Labute approximate surface area is 183 Å². The third-order valence-electron chi connectivity index (χ3n) is 5.20. The fourth-order valence-electron chi connectivity index (χ4n) is 3.49. The van der Waals surface area contributed by atoms with Crippen LogP contribution in [0.15, 0.2) is 42.5 Å². The van der Waals surface area contributed by atoms with Gasteiger partial charge in [0.15, 0.2) is 18.1 Å². The normalized spacial score (nSPS) is 13.4. The van der Waals surface area contributed by atoms with Crippen molar-refractivity contribution in [3.63, 3.8) is 0 Å². The first-order valence-electron chi connectivity index (χ1n) is 10.7. The number of nitrogens with zero attached hydrogens (tertiary/aromatic N) is 1. The molecule has 31 heavy (non-hydrogen) atoms. The van der Waals surface area contributed by atoms with E-state index >= 15 is 0 Å². The summed E-state index contributed by atoms with van der Waals surface area (Å²) in [4.78, 5) is 25.7. The third kappa shape index (κ3) is 7.00. The summed E-state index contributed by atoms with van der Waals surface area (Å²) in [6.45, 7) is 5.13. The standard InChI is InChI=1S/C24H31N3O4/c1-18-6-9-20(10-7-18)26-23(28)17-31-21-11-8-19(15-22(21)30-2)16-25-12-4-14-27-13-3-5-24(27)29/h6-11,15,25H,3-5,12-14,16-17H2,1-2H3,(H,26,28). The highest BCUT2D eigenvalue weighted by atomic mass is 16.5. The van der Waals surface area contributed by atoms with E-state index in [9.17, 15) is 9.59 Å². The van der Waals surface area contributed by atoms with Crippen molar-refractivity contribution in [2.45, 2.75) is 32.7 Å². The van der Waals surface area contributed by atoms with Crippen molar-refractivity contribution in [3.8, 4) is 11.5 Å². The summed E-state index contributed by atoms with van der Waals surface area (Å²) < 4.78 is 11.1. The van der Waals surface area contributed by atoms with Crippen LogP contribution in [0, 0.1) is 6.92 Å². The van der Waals surface area contributed by atoms with E-state index in [0.717, 1.165) is 49.3 Å². The first-order valence-corrected chi connectivity index (χ1v) is 10.7. The SMILES string of the molecule is COc1cc(CNCCCN2CCCC2=O)ccc1OCC(=O)Nc1ccc(C)cc1. The fourth-order valence-corrected chi connectivity index (χ4v) is 3.49. The van der Waals surface area contributed by atoms with Crippen LogP contribution in [0.25, 0.3) is 0 Å². The number of amides is 2. The van der Waals surface area contributed by atoms with Crippen molar-refractivity contribution in [1.29, 1.82) is 0 Å². The van der Waals surface area contributed by atoms with Gasteiger partial charge in [0.25, 0.3) is 5.91 Å². The summed E-state index contributed by atoms with van der Waals surface area (Å²) in [6, 6.07) is 13.3. The lowest BCUT2D eigenvalue weighted by atomic mass is 10.2. The number of carbonyl (C=O) groups excluding carboxylic acids is 2. The molecular formula is C24H31N3O4. The highest BCUT2D eigenvalue weighted by molar-refractivity contribution is 5.91. The Morgan fingerprint density at radius 1 is 1.13 bits per heavy atom. The zero-order valence-corrected chi connectivity index (χ0v) is 18.3. The molecule has 1 heterocycles. The van der Waals surface area contributed by atoms with Gasteiger partial charge in [0, 0.05) is 31.7 Å². The Morgan fingerprint density at radius 3 is 2.65 bits per heavy atom. The molecule has 0 spiro atoms. The molecule has 2 aromatic carbocycles. The first-order chi connectivity index (χ1) is 15.0. The van der Waals surface area contributed by atoms with Gasteiger partial charge in [0.1, 0.15) is 0 Å². The molecule has 0 aromatic heterocycles. The zero-order chi connectivity index (χ0) is 22.1. The average Bonchev–Trinajstić information content (AvgIpc) is 3.18. The Hall–Kier alpha value is -3.06. The van der Waals surface area contributed by atoms with Gasteiger partial charge in [-0.05, 0) is 56.1 Å². The number of benzene rings is 2. The molecule has 166 valence electrons. The van der Waals surface area contributed by atoms with Gasteiger partial charge in [-0.25, -0.2) is 0 Å². The molecular weight excluding hydrogens is 394 g/mol. The number of aryl methyl sites for hydroxylation is 1. The predicted octanol–water partition coefficient (Wildman–Crippen LogP) is 3.12. The van der Waals surface area contributed by atoms with Gasteiger partial charge in [-0.3, -0.25) is 9.59 Å². The zero-order valence-electron chi connectivity index (χ0n) is 18.3. The maximum Gasteiger partial charge on any atom is 0.262 e. The summed E-state index contributed by atoms with van der Waals surface area (Å²) in [6.07, 6.45) is 2.60. The van der Waals surface area contributed by atoms with Crippen LogP contribution in [0.3, 0.4) is 0 Å². The summed E-state index contributed by atoms with van der Waals surface area (Å²) in [5.74, 6) is 1.16. The summed E-state index contributed by atoms with van der Waals surface area (Å²) in [5.41, 5.74) is 2.93. The van der Waals surface area contributed by atoms with E-state index in [4.69, 9.17) is 9.47 Å². The van der Waals surface area contributed by atoms with Crippen LogP contribution in [-0.2, 0) is 16.1 Å². The van der Waals surface area contributed by atoms with Crippen LogP contribution in [0.2, 0.25) is 0 Å². The lowest BCUT2D eigenvalue weighted by Crippen LogP contribution is -2.28. The van der Waals surface area contributed by atoms with Crippen LogP contribution in [0.4, 0.5) is 5.69 Å². The Bertz CT molecular complexity index is 883. The maximum atomic E-state index is 12.1. The number of likely N-dealkylation sites (tertiary alicyclic amines) is 1. The van der Waals surface area contributed by atoms with Crippen LogP contribution >= 0.6 is 0 Å². The van der Waals surface area contributed by atoms with E-state index in [2.05, 4.69) is 10.6 Å². The molecule has 1 saturated heterocycles. The number of methoxy groups -OCH3 is 1.